The highest BCUT2D eigenvalue weighted by Gasteiger charge is 2.17. The largest absolute Gasteiger partial charge is 0.343 e. The maximum atomic E-state index is 13.0. The Kier molecular flexibility index (Phi) is 7.43. The van der Waals surface area contributed by atoms with Crippen molar-refractivity contribution in [2.24, 2.45) is 0 Å². The first-order valence-corrected chi connectivity index (χ1v) is 11.9. The predicted molar refractivity (Wildman–Crippen MR) is 130 cm³/mol. The standard InChI is InChI=1S/C27H25N3O2S/c28-19-21-7-1-3-9-24(21)33-25-10-4-2-8-23(25)27(32)29-22-14-11-20(12-15-22)13-16-26(31)30-17-5-6-18-30/h1-4,7-12,14-15H,5-6,13,16-18H2,(H,29,32). The molecule has 0 aromatic heterocycles. The lowest BCUT2D eigenvalue weighted by molar-refractivity contribution is -0.130. The molecule has 166 valence electrons. The van der Waals surface area contributed by atoms with E-state index in [1.165, 1.54) is 11.8 Å². The van der Waals surface area contributed by atoms with Gasteiger partial charge in [-0.2, -0.15) is 5.26 Å². The number of carbonyl (C=O) groups is 2. The van der Waals surface area contributed by atoms with Gasteiger partial charge in [0.25, 0.3) is 5.91 Å². The summed E-state index contributed by atoms with van der Waals surface area (Å²) in [7, 11) is 0. The molecule has 0 saturated carbocycles. The molecule has 0 spiro atoms. The topological polar surface area (TPSA) is 73.2 Å². The number of aryl methyl sites for hydroxylation is 1. The third-order valence-corrected chi connectivity index (χ3v) is 6.81. The lowest BCUT2D eigenvalue weighted by atomic mass is 10.1. The minimum Gasteiger partial charge on any atom is -0.343 e. The summed E-state index contributed by atoms with van der Waals surface area (Å²) in [6, 6.07) is 24.6. The van der Waals surface area contributed by atoms with E-state index in [9.17, 15) is 14.9 Å². The fraction of sp³-hybridized carbons (Fsp3) is 0.222. The first-order valence-electron chi connectivity index (χ1n) is 11.1. The Morgan fingerprint density at radius 2 is 1.58 bits per heavy atom. The maximum Gasteiger partial charge on any atom is 0.256 e. The monoisotopic (exact) mass is 455 g/mol. The number of anilines is 1. The Bertz CT molecular complexity index is 1180. The molecule has 1 aliphatic rings. The number of rotatable bonds is 7. The number of hydrogen-bond donors (Lipinski definition) is 1. The van der Waals surface area contributed by atoms with Crippen LogP contribution in [-0.4, -0.2) is 29.8 Å². The van der Waals surface area contributed by atoms with E-state index in [-0.39, 0.29) is 11.8 Å². The second kappa shape index (κ2) is 10.8. The third-order valence-electron chi connectivity index (χ3n) is 5.66. The van der Waals surface area contributed by atoms with Gasteiger partial charge in [0.1, 0.15) is 6.07 Å². The molecule has 3 aromatic carbocycles. The van der Waals surface area contributed by atoms with Gasteiger partial charge in [0, 0.05) is 35.0 Å². The van der Waals surface area contributed by atoms with Crippen molar-refractivity contribution in [2.45, 2.75) is 35.5 Å². The van der Waals surface area contributed by atoms with Crippen LogP contribution in [0.2, 0.25) is 0 Å². The first kappa shape index (κ1) is 22.6. The van der Waals surface area contributed by atoms with Crippen LogP contribution in [-0.2, 0) is 11.2 Å². The molecule has 1 saturated heterocycles. The quantitative estimate of drug-likeness (QED) is 0.509. The van der Waals surface area contributed by atoms with Gasteiger partial charge in [-0.05, 0) is 61.2 Å². The van der Waals surface area contributed by atoms with E-state index in [1.807, 2.05) is 65.6 Å². The van der Waals surface area contributed by atoms with Crippen LogP contribution in [0.15, 0.2) is 82.6 Å². The molecule has 0 atom stereocenters. The molecule has 1 N–H and O–H groups in total. The number of hydrogen-bond acceptors (Lipinski definition) is 4. The Hall–Kier alpha value is -3.56. The summed E-state index contributed by atoms with van der Waals surface area (Å²) >= 11 is 1.41. The average molecular weight is 456 g/mol. The molecular formula is C27H25N3O2S. The number of likely N-dealkylation sites (tertiary alicyclic amines) is 1. The molecule has 1 heterocycles. The molecule has 2 amide bonds. The molecule has 5 nitrogen and oxygen atoms in total. The van der Waals surface area contributed by atoms with Crippen molar-refractivity contribution in [2.75, 3.05) is 18.4 Å². The predicted octanol–water partition coefficient (Wildman–Crippen LogP) is 5.52. The zero-order valence-corrected chi connectivity index (χ0v) is 19.1. The summed E-state index contributed by atoms with van der Waals surface area (Å²) in [5, 5.41) is 12.3. The highest BCUT2D eigenvalue weighted by molar-refractivity contribution is 7.99. The van der Waals surface area contributed by atoms with E-state index in [2.05, 4.69) is 11.4 Å². The summed E-state index contributed by atoms with van der Waals surface area (Å²) in [6.07, 6.45) is 3.42. The summed E-state index contributed by atoms with van der Waals surface area (Å²) in [5.41, 5.74) is 2.91. The van der Waals surface area contributed by atoms with Crippen molar-refractivity contribution in [1.29, 1.82) is 5.26 Å². The number of nitrogens with one attached hydrogen (secondary N) is 1. The van der Waals surface area contributed by atoms with Crippen molar-refractivity contribution in [3.8, 4) is 6.07 Å². The Morgan fingerprint density at radius 3 is 2.30 bits per heavy atom. The van der Waals surface area contributed by atoms with Crippen molar-refractivity contribution < 1.29 is 9.59 Å². The molecule has 6 heteroatoms. The third kappa shape index (κ3) is 5.82. The van der Waals surface area contributed by atoms with E-state index in [0.29, 0.717) is 29.7 Å². The van der Waals surface area contributed by atoms with Crippen molar-refractivity contribution >= 4 is 29.3 Å². The number of carbonyl (C=O) groups excluding carboxylic acids is 2. The van der Waals surface area contributed by atoms with Gasteiger partial charge in [-0.1, -0.05) is 48.2 Å². The molecular weight excluding hydrogens is 430 g/mol. The van der Waals surface area contributed by atoms with E-state index < -0.39 is 0 Å². The van der Waals surface area contributed by atoms with Crippen LogP contribution in [0, 0.1) is 11.3 Å². The molecule has 4 rings (SSSR count). The van der Waals surface area contributed by atoms with Gasteiger partial charge in [0.15, 0.2) is 0 Å². The second-order valence-electron chi connectivity index (χ2n) is 7.95. The van der Waals surface area contributed by atoms with E-state index in [4.69, 9.17) is 0 Å². The fourth-order valence-electron chi connectivity index (χ4n) is 3.84. The molecule has 0 aliphatic carbocycles. The number of nitrogens with zero attached hydrogens (tertiary/aromatic N) is 2. The highest BCUT2D eigenvalue weighted by atomic mass is 32.2. The van der Waals surface area contributed by atoms with Gasteiger partial charge < -0.3 is 10.2 Å². The van der Waals surface area contributed by atoms with Crippen LogP contribution >= 0.6 is 11.8 Å². The normalized spacial score (nSPS) is 12.9. The summed E-state index contributed by atoms with van der Waals surface area (Å²) in [5.74, 6) is 0.0152. The van der Waals surface area contributed by atoms with Crippen molar-refractivity contribution in [3.05, 3.63) is 89.5 Å². The van der Waals surface area contributed by atoms with E-state index in [0.717, 1.165) is 41.3 Å². The Morgan fingerprint density at radius 1 is 0.909 bits per heavy atom. The lowest BCUT2D eigenvalue weighted by Crippen LogP contribution is -2.27. The number of amides is 2. The molecule has 33 heavy (non-hydrogen) atoms. The van der Waals surface area contributed by atoms with Gasteiger partial charge in [-0.15, -0.1) is 0 Å². The minimum atomic E-state index is -0.204. The van der Waals surface area contributed by atoms with Crippen LogP contribution in [0.5, 0.6) is 0 Å². The lowest BCUT2D eigenvalue weighted by Gasteiger charge is -2.15. The zero-order valence-electron chi connectivity index (χ0n) is 18.3. The minimum absolute atomic E-state index is 0.204. The van der Waals surface area contributed by atoms with Gasteiger partial charge in [-0.3, -0.25) is 9.59 Å². The van der Waals surface area contributed by atoms with Crippen LogP contribution in [0.4, 0.5) is 5.69 Å². The molecule has 1 aliphatic heterocycles. The average Bonchev–Trinajstić information content (AvgIpc) is 3.39. The number of nitriles is 1. The summed E-state index contributed by atoms with van der Waals surface area (Å²) in [4.78, 5) is 28.8. The molecule has 0 bridgehead atoms. The second-order valence-corrected chi connectivity index (χ2v) is 9.03. The van der Waals surface area contributed by atoms with Gasteiger partial charge >= 0.3 is 0 Å². The van der Waals surface area contributed by atoms with Crippen LogP contribution in [0.3, 0.4) is 0 Å². The zero-order chi connectivity index (χ0) is 23.0. The molecule has 0 unspecified atom stereocenters. The summed E-state index contributed by atoms with van der Waals surface area (Å²) in [6.45, 7) is 1.76. The Labute approximate surface area is 198 Å². The fourth-order valence-corrected chi connectivity index (χ4v) is 4.86. The maximum absolute atomic E-state index is 13.0. The highest BCUT2D eigenvalue weighted by Crippen LogP contribution is 2.33. The van der Waals surface area contributed by atoms with Gasteiger partial charge in [0.2, 0.25) is 5.91 Å². The molecule has 0 radical (unpaired) electrons. The van der Waals surface area contributed by atoms with Crippen LogP contribution in [0.1, 0.15) is 40.7 Å². The van der Waals surface area contributed by atoms with Crippen LogP contribution < -0.4 is 5.32 Å². The van der Waals surface area contributed by atoms with Crippen molar-refractivity contribution in [1.82, 2.24) is 4.90 Å². The van der Waals surface area contributed by atoms with Gasteiger partial charge in [0.05, 0.1) is 11.1 Å². The van der Waals surface area contributed by atoms with Crippen molar-refractivity contribution in [3.63, 3.8) is 0 Å². The first-order chi connectivity index (χ1) is 16.1. The summed E-state index contributed by atoms with van der Waals surface area (Å²) < 4.78 is 0. The molecule has 3 aromatic rings. The molecule has 1 fully saturated rings. The van der Waals surface area contributed by atoms with Crippen LogP contribution in [0.25, 0.3) is 0 Å². The smallest absolute Gasteiger partial charge is 0.256 e. The number of benzene rings is 3. The SMILES string of the molecule is N#Cc1ccccc1Sc1ccccc1C(=O)Nc1ccc(CCC(=O)N2CCCC2)cc1. The van der Waals surface area contributed by atoms with E-state index in [1.54, 1.807) is 12.1 Å². The Balaban J connectivity index is 1.39. The van der Waals surface area contributed by atoms with Gasteiger partial charge in [-0.25, -0.2) is 0 Å². The van der Waals surface area contributed by atoms with E-state index >= 15 is 0 Å².